The van der Waals surface area contributed by atoms with Crippen molar-refractivity contribution in [2.45, 2.75) is 19.8 Å². The molecule has 1 rings (SSSR count). The zero-order valence-corrected chi connectivity index (χ0v) is 8.16. The standard InChI is InChI=1S/C13H16/c1-3-4-6-9-12(2)13-10-7-5-8-11-13/h3-7,9-10H,2,8,11H2,1H3/b4-3-,9-6-. The van der Waals surface area contributed by atoms with Crippen LogP contribution in [0.4, 0.5) is 0 Å². The Morgan fingerprint density at radius 1 is 1.46 bits per heavy atom. The van der Waals surface area contributed by atoms with Crippen molar-refractivity contribution in [1.29, 1.82) is 0 Å². The Bertz CT molecular complexity index is 285. The first-order valence-corrected chi connectivity index (χ1v) is 4.69. The smallest absolute Gasteiger partial charge is 0.0238 e. The molecular formula is C13H16. The molecule has 1 aliphatic carbocycles. The minimum absolute atomic E-state index is 1.12. The average Bonchev–Trinajstić information content (AvgIpc) is 2.19. The first kappa shape index (κ1) is 9.79. The monoisotopic (exact) mass is 172 g/mol. The predicted molar refractivity (Wildman–Crippen MR) is 59.6 cm³/mol. The van der Waals surface area contributed by atoms with Gasteiger partial charge in [-0.15, -0.1) is 0 Å². The summed E-state index contributed by atoms with van der Waals surface area (Å²) in [6.07, 6.45) is 16.8. The molecule has 0 aromatic rings. The van der Waals surface area contributed by atoms with Crippen LogP contribution >= 0.6 is 0 Å². The lowest BCUT2D eigenvalue weighted by atomic mass is 9.98. The molecule has 0 aromatic carbocycles. The summed E-state index contributed by atoms with van der Waals surface area (Å²) in [5.74, 6) is 0. The highest BCUT2D eigenvalue weighted by atomic mass is 14.0. The van der Waals surface area contributed by atoms with Gasteiger partial charge in [-0.2, -0.15) is 0 Å². The van der Waals surface area contributed by atoms with Crippen LogP contribution in [0.15, 0.2) is 60.3 Å². The fourth-order valence-electron chi connectivity index (χ4n) is 1.26. The minimum atomic E-state index is 1.12. The summed E-state index contributed by atoms with van der Waals surface area (Å²) < 4.78 is 0. The molecule has 0 nitrogen and oxygen atoms in total. The molecule has 0 unspecified atom stereocenters. The van der Waals surface area contributed by atoms with E-state index in [1.807, 2.05) is 25.2 Å². The summed E-state index contributed by atoms with van der Waals surface area (Å²) in [6, 6.07) is 0. The fourth-order valence-corrected chi connectivity index (χ4v) is 1.26. The largest absolute Gasteiger partial charge is 0.0915 e. The molecule has 0 bridgehead atoms. The highest BCUT2D eigenvalue weighted by molar-refractivity contribution is 5.41. The van der Waals surface area contributed by atoms with E-state index in [4.69, 9.17) is 0 Å². The molecule has 0 atom stereocenters. The van der Waals surface area contributed by atoms with Crippen LogP contribution in [-0.2, 0) is 0 Å². The molecule has 68 valence electrons. The normalized spacial score (nSPS) is 16.8. The highest BCUT2D eigenvalue weighted by Gasteiger charge is 1.99. The predicted octanol–water partition coefficient (Wildman–Crippen LogP) is 3.95. The van der Waals surface area contributed by atoms with Crippen LogP contribution in [0.2, 0.25) is 0 Å². The highest BCUT2D eigenvalue weighted by Crippen LogP contribution is 2.19. The van der Waals surface area contributed by atoms with Crippen LogP contribution in [-0.4, -0.2) is 0 Å². The average molecular weight is 172 g/mol. The SMILES string of the molecule is C=C(/C=C\C=C/C)C1=CC=CCC1. The van der Waals surface area contributed by atoms with Crippen LogP contribution in [0, 0.1) is 0 Å². The summed E-state index contributed by atoms with van der Waals surface area (Å²) in [5, 5.41) is 0. The quantitative estimate of drug-likeness (QED) is 0.565. The van der Waals surface area contributed by atoms with Gasteiger partial charge in [0.1, 0.15) is 0 Å². The van der Waals surface area contributed by atoms with Gasteiger partial charge >= 0.3 is 0 Å². The number of rotatable bonds is 3. The number of allylic oxidation sites excluding steroid dienone is 9. The Morgan fingerprint density at radius 3 is 2.92 bits per heavy atom. The van der Waals surface area contributed by atoms with Gasteiger partial charge in [0.2, 0.25) is 0 Å². The van der Waals surface area contributed by atoms with Gasteiger partial charge < -0.3 is 0 Å². The maximum absolute atomic E-state index is 4.03. The van der Waals surface area contributed by atoms with Crippen molar-refractivity contribution in [3.05, 3.63) is 60.3 Å². The third kappa shape index (κ3) is 3.29. The van der Waals surface area contributed by atoms with E-state index >= 15 is 0 Å². The first-order chi connectivity index (χ1) is 6.34. The first-order valence-electron chi connectivity index (χ1n) is 4.69. The zero-order chi connectivity index (χ0) is 9.52. The Morgan fingerprint density at radius 2 is 2.31 bits per heavy atom. The van der Waals surface area contributed by atoms with Gasteiger partial charge in [-0.05, 0) is 30.9 Å². The van der Waals surface area contributed by atoms with Gasteiger partial charge in [0.25, 0.3) is 0 Å². The maximum atomic E-state index is 4.03. The molecule has 0 fully saturated rings. The lowest BCUT2D eigenvalue weighted by Crippen LogP contribution is -1.88. The number of hydrogen-bond acceptors (Lipinski definition) is 0. The van der Waals surface area contributed by atoms with Crippen LogP contribution in [0.5, 0.6) is 0 Å². The Kier molecular flexibility index (Phi) is 4.04. The second-order valence-corrected chi connectivity index (χ2v) is 3.07. The molecule has 0 aliphatic heterocycles. The zero-order valence-electron chi connectivity index (χ0n) is 8.16. The molecule has 0 spiro atoms. The van der Waals surface area contributed by atoms with E-state index < -0.39 is 0 Å². The van der Waals surface area contributed by atoms with E-state index in [1.165, 1.54) is 5.57 Å². The van der Waals surface area contributed by atoms with Gasteiger partial charge in [-0.25, -0.2) is 0 Å². The summed E-state index contributed by atoms with van der Waals surface area (Å²) in [4.78, 5) is 0. The molecule has 0 heteroatoms. The van der Waals surface area contributed by atoms with Crippen LogP contribution in [0.3, 0.4) is 0 Å². The third-order valence-corrected chi connectivity index (χ3v) is 2.03. The second-order valence-electron chi connectivity index (χ2n) is 3.07. The van der Waals surface area contributed by atoms with Crippen molar-refractivity contribution in [1.82, 2.24) is 0 Å². The summed E-state index contributed by atoms with van der Waals surface area (Å²) in [6.45, 7) is 6.04. The van der Waals surface area contributed by atoms with Crippen molar-refractivity contribution >= 4 is 0 Å². The van der Waals surface area contributed by atoms with E-state index in [0.717, 1.165) is 18.4 Å². The molecule has 0 radical (unpaired) electrons. The second kappa shape index (κ2) is 5.36. The van der Waals surface area contributed by atoms with E-state index in [9.17, 15) is 0 Å². The molecule has 0 N–H and O–H groups in total. The van der Waals surface area contributed by atoms with Crippen LogP contribution < -0.4 is 0 Å². The van der Waals surface area contributed by atoms with Gasteiger partial charge in [-0.3, -0.25) is 0 Å². The topological polar surface area (TPSA) is 0 Å². The lowest BCUT2D eigenvalue weighted by molar-refractivity contribution is 0.979. The lowest BCUT2D eigenvalue weighted by Gasteiger charge is -2.07. The van der Waals surface area contributed by atoms with Crippen molar-refractivity contribution in [3.63, 3.8) is 0 Å². The minimum Gasteiger partial charge on any atom is -0.0915 e. The van der Waals surface area contributed by atoms with Crippen molar-refractivity contribution in [2.24, 2.45) is 0 Å². The van der Waals surface area contributed by atoms with E-state index in [-0.39, 0.29) is 0 Å². The molecule has 1 aliphatic rings. The van der Waals surface area contributed by atoms with Gasteiger partial charge in [0, 0.05) is 0 Å². The van der Waals surface area contributed by atoms with E-state index in [1.54, 1.807) is 0 Å². The van der Waals surface area contributed by atoms with Gasteiger partial charge in [-0.1, -0.05) is 49.1 Å². The van der Waals surface area contributed by atoms with Crippen molar-refractivity contribution < 1.29 is 0 Å². The number of hydrogen-bond donors (Lipinski definition) is 0. The summed E-state index contributed by atoms with van der Waals surface area (Å²) >= 11 is 0. The Balaban J connectivity index is 2.57. The van der Waals surface area contributed by atoms with Crippen molar-refractivity contribution in [3.8, 4) is 0 Å². The van der Waals surface area contributed by atoms with Crippen LogP contribution in [0.25, 0.3) is 0 Å². The molecular weight excluding hydrogens is 156 g/mol. The fraction of sp³-hybridized carbons (Fsp3) is 0.231. The van der Waals surface area contributed by atoms with E-state index in [0.29, 0.717) is 0 Å². The molecule has 0 heterocycles. The Labute approximate surface area is 80.7 Å². The molecule has 0 aromatic heterocycles. The van der Waals surface area contributed by atoms with Gasteiger partial charge in [0.05, 0.1) is 0 Å². The molecule has 0 saturated heterocycles. The third-order valence-electron chi connectivity index (χ3n) is 2.03. The summed E-state index contributed by atoms with van der Waals surface area (Å²) in [5.41, 5.74) is 2.48. The molecule has 13 heavy (non-hydrogen) atoms. The van der Waals surface area contributed by atoms with E-state index in [2.05, 4.69) is 30.9 Å². The molecule has 0 amide bonds. The molecule has 0 saturated carbocycles. The maximum Gasteiger partial charge on any atom is -0.0238 e. The van der Waals surface area contributed by atoms with Gasteiger partial charge in [0.15, 0.2) is 0 Å². The summed E-state index contributed by atoms with van der Waals surface area (Å²) in [7, 11) is 0. The van der Waals surface area contributed by atoms with Crippen LogP contribution in [0.1, 0.15) is 19.8 Å². The van der Waals surface area contributed by atoms with Crippen molar-refractivity contribution in [2.75, 3.05) is 0 Å². The Hall–Kier alpha value is -1.30.